The molecule has 1 fully saturated rings. The van der Waals surface area contributed by atoms with Gasteiger partial charge in [0.05, 0.1) is 0 Å². The van der Waals surface area contributed by atoms with Crippen LogP contribution >= 0.6 is 0 Å². The summed E-state index contributed by atoms with van der Waals surface area (Å²) in [5.74, 6) is 1.87. The number of rotatable bonds is 5. The molecular weight excluding hydrogens is 250 g/mol. The molecule has 2 heterocycles. The second-order valence-electron chi connectivity index (χ2n) is 5.86. The highest BCUT2D eigenvalue weighted by Gasteiger charge is 2.18. The van der Waals surface area contributed by atoms with Crippen LogP contribution in [0.4, 0.5) is 5.82 Å². The number of piperazine rings is 1. The van der Waals surface area contributed by atoms with Crippen LogP contribution in [0.2, 0.25) is 0 Å². The fourth-order valence-electron chi connectivity index (χ4n) is 2.62. The average molecular weight is 275 g/mol. The van der Waals surface area contributed by atoms with E-state index in [9.17, 15) is 4.79 Å². The van der Waals surface area contributed by atoms with Crippen LogP contribution in [0.1, 0.15) is 37.6 Å². The van der Waals surface area contributed by atoms with Crippen molar-refractivity contribution in [1.29, 1.82) is 0 Å². The Labute approximate surface area is 121 Å². The van der Waals surface area contributed by atoms with Gasteiger partial charge in [-0.2, -0.15) is 0 Å². The van der Waals surface area contributed by atoms with Gasteiger partial charge in [0.1, 0.15) is 5.82 Å². The smallest absolute Gasteiger partial charge is 0.164 e. The maximum Gasteiger partial charge on any atom is 0.164 e. The van der Waals surface area contributed by atoms with Gasteiger partial charge in [-0.05, 0) is 18.1 Å². The normalized spacial score (nSPS) is 16.7. The van der Waals surface area contributed by atoms with Gasteiger partial charge in [0.2, 0.25) is 0 Å². The van der Waals surface area contributed by atoms with E-state index in [2.05, 4.69) is 28.6 Å². The highest BCUT2D eigenvalue weighted by molar-refractivity contribution is 5.95. The Hall–Kier alpha value is -1.42. The highest BCUT2D eigenvalue weighted by atomic mass is 16.1. The monoisotopic (exact) mass is 275 g/mol. The SMILES string of the molecule is CCC(=O)c1ccc(N2CCN(CC(C)C)CC2)nc1. The van der Waals surface area contributed by atoms with Gasteiger partial charge in [-0.15, -0.1) is 0 Å². The van der Waals surface area contributed by atoms with Crippen molar-refractivity contribution in [2.45, 2.75) is 27.2 Å². The predicted molar refractivity (Wildman–Crippen MR) is 82.3 cm³/mol. The first-order valence-corrected chi connectivity index (χ1v) is 7.56. The fraction of sp³-hybridized carbons (Fsp3) is 0.625. The van der Waals surface area contributed by atoms with E-state index in [-0.39, 0.29) is 5.78 Å². The van der Waals surface area contributed by atoms with E-state index in [4.69, 9.17) is 0 Å². The molecule has 0 radical (unpaired) electrons. The molecule has 0 aliphatic carbocycles. The number of hydrogen-bond acceptors (Lipinski definition) is 4. The molecule has 4 heteroatoms. The number of Topliss-reactive ketones (excluding diaryl/α,β-unsaturated/α-hetero) is 1. The molecule has 1 aromatic heterocycles. The van der Waals surface area contributed by atoms with Crippen LogP contribution in [0, 0.1) is 5.92 Å². The van der Waals surface area contributed by atoms with Crippen molar-refractivity contribution in [2.75, 3.05) is 37.6 Å². The molecule has 1 aliphatic heterocycles. The largest absolute Gasteiger partial charge is 0.354 e. The second-order valence-corrected chi connectivity index (χ2v) is 5.86. The van der Waals surface area contributed by atoms with Crippen LogP contribution < -0.4 is 4.90 Å². The maximum atomic E-state index is 11.6. The molecule has 4 nitrogen and oxygen atoms in total. The van der Waals surface area contributed by atoms with Crippen LogP contribution in [0.25, 0.3) is 0 Å². The Balaban J connectivity index is 1.92. The first-order chi connectivity index (χ1) is 9.60. The number of pyridine rings is 1. The van der Waals surface area contributed by atoms with E-state index in [0.29, 0.717) is 6.42 Å². The van der Waals surface area contributed by atoms with Crippen LogP contribution in [0.15, 0.2) is 18.3 Å². The molecule has 0 spiro atoms. The van der Waals surface area contributed by atoms with Gasteiger partial charge in [0.15, 0.2) is 5.78 Å². The second kappa shape index (κ2) is 6.84. The third kappa shape index (κ3) is 3.79. The fourth-order valence-corrected chi connectivity index (χ4v) is 2.62. The van der Waals surface area contributed by atoms with Crippen LogP contribution in [0.3, 0.4) is 0 Å². The lowest BCUT2D eigenvalue weighted by Gasteiger charge is -2.36. The molecule has 0 N–H and O–H groups in total. The molecular formula is C16H25N3O. The summed E-state index contributed by atoms with van der Waals surface area (Å²) in [6.45, 7) is 11.8. The van der Waals surface area contributed by atoms with Crippen molar-refractivity contribution < 1.29 is 4.79 Å². The number of anilines is 1. The Morgan fingerprint density at radius 3 is 2.45 bits per heavy atom. The topological polar surface area (TPSA) is 36.4 Å². The number of ketones is 1. The zero-order valence-corrected chi connectivity index (χ0v) is 12.8. The van der Waals surface area contributed by atoms with Crippen LogP contribution in [-0.2, 0) is 0 Å². The minimum atomic E-state index is 0.158. The minimum Gasteiger partial charge on any atom is -0.354 e. The van der Waals surface area contributed by atoms with Crippen molar-refractivity contribution in [3.05, 3.63) is 23.9 Å². The Bertz CT molecular complexity index is 434. The summed E-state index contributed by atoms with van der Waals surface area (Å²) in [5, 5.41) is 0. The van der Waals surface area contributed by atoms with Crippen molar-refractivity contribution in [3.8, 4) is 0 Å². The Morgan fingerprint density at radius 1 is 1.25 bits per heavy atom. The summed E-state index contributed by atoms with van der Waals surface area (Å²) in [4.78, 5) is 20.8. The standard InChI is InChI=1S/C16H25N3O/c1-4-15(20)14-5-6-16(17-11-14)19-9-7-18(8-10-19)12-13(2)3/h5-6,11,13H,4,7-10,12H2,1-3H3. The van der Waals surface area contributed by atoms with Crippen molar-refractivity contribution in [3.63, 3.8) is 0 Å². The number of aromatic nitrogens is 1. The molecule has 0 amide bonds. The molecule has 2 rings (SSSR count). The van der Waals surface area contributed by atoms with Crippen molar-refractivity contribution in [2.24, 2.45) is 5.92 Å². The summed E-state index contributed by atoms with van der Waals surface area (Å²) in [6, 6.07) is 3.87. The molecule has 110 valence electrons. The summed E-state index contributed by atoms with van der Waals surface area (Å²) >= 11 is 0. The van der Waals surface area contributed by atoms with Gasteiger partial charge < -0.3 is 4.90 Å². The van der Waals surface area contributed by atoms with Gasteiger partial charge in [0.25, 0.3) is 0 Å². The van der Waals surface area contributed by atoms with E-state index in [1.165, 1.54) is 6.54 Å². The van der Waals surface area contributed by atoms with E-state index in [0.717, 1.165) is 43.5 Å². The number of carbonyl (C=O) groups excluding carboxylic acids is 1. The van der Waals surface area contributed by atoms with Crippen LogP contribution in [-0.4, -0.2) is 48.4 Å². The molecule has 0 aromatic carbocycles. The molecule has 1 aromatic rings. The Kier molecular flexibility index (Phi) is 5.12. The quantitative estimate of drug-likeness (QED) is 0.773. The number of hydrogen-bond donors (Lipinski definition) is 0. The number of nitrogens with zero attached hydrogens (tertiary/aromatic N) is 3. The van der Waals surface area contributed by atoms with Crippen molar-refractivity contribution in [1.82, 2.24) is 9.88 Å². The molecule has 1 saturated heterocycles. The van der Waals surface area contributed by atoms with Gasteiger partial charge in [0, 0.05) is 50.9 Å². The first kappa shape index (κ1) is 15.0. The summed E-state index contributed by atoms with van der Waals surface area (Å²) in [7, 11) is 0. The van der Waals surface area contributed by atoms with E-state index in [1.807, 2.05) is 19.1 Å². The maximum absolute atomic E-state index is 11.6. The van der Waals surface area contributed by atoms with Crippen LogP contribution in [0.5, 0.6) is 0 Å². The van der Waals surface area contributed by atoms with Gasteiger partial charge in [-0.1, -0.05) is 20.8 Å². The summed E-state index contributed by atoms with van der Waals surface area (Å²) < 4.78 is 0. The molecule has 20 heavy (non-hydrogen) atoms. The first-order valence-electron chi connectivity index (χ1n) is 7.56. The molecule has 0 bridgehead atoms. The highest BCUT2D eigenvalue weighted by Crippen LogP contribution is 2.15. The van der Waals surface area contributed by atoms with E-state index < -0.39 is 0 Å². The molecule has 0 saturated carbocycles. The Morgan fingerprint density at radius 2 is 1.95 bits per heavy atom. The third-order valence-corrected chi connectivity index (χ3v) is 3.71. The lowest BCUT2D eigenvalue weighted by Crippen LogP contribution is -2.47. The molecule has 0 atom stereocenters. The van der Waals surface area contributed by atoms with Gasteiger partial charge in [-0.25, -0.2) is 4.98 Å². The van der Waals surface area contributed by atoms with Gasteiger partial charge in [-0.3, -0.25) is 9.69 Å². The minimum absolute atomic E-state index is 0.158. The van der Waals surface area contributed by atoms with E-state index >= 15 is 0 Å². The third-order valence-electron chi connectivity index (χ3n) is 3.71. The predicted octanol–water partition coefficient (Wildman–Crippen LogP) is 2.45. The number of carbonyl (C=O) groups is 1. The van der Waals surface area contributed by atoms with Gasteiger partial charge >= 0.3 is 0 Å². The summed E-state index contributed by atoms with van der Waals surface area (Å²) in [5.41, 5.74) is 0.717. The lowest BCUT2D eigenvalue weighted by atomic mass is 10.1. The molecule has 0 unspecified atom stereocenters. The lowest BCUT2D eigenvalue weighted by molar-refractivity contribution is 0.0988. The zero-order chi connectivity index (χ0) is 14.5. The summed E-state index contributed by atoms with van der Waals surface area (Å²) in [6.07, 6.45) is 2.25. The zero-order valence-electron chi connectivity index (χ0n) is 12.8. The molecule has 1 aliphatic rings. The average Bonchev–Trinajstić information content (AvgIpc) is 2.47. The van der Waals surface area contributed by atoms with Crippen molar-refractivity contribution >= 4 is 11.6 Å². The van der Waals surface area contributed by atoms with E-state index in [1.54, 1.807) is 6.20 Å².